The van der Waals surface area contributed by atoms with E-state index in [-0.39, 0.29) is 19.3 Å². The number of primary amides is 1. The standard InChI is InChI=1S/C23H30N6O9/c24-13(8-19(32)33)20(34)27-15(5-6-18(25)31)21(35)28-16(22(36)29-17(10-30)23(37)38)7-11-9-26-14-4-2-1-3-12(11)14/h1-4,9,13,15-17,26,30H,5-8,10,24H2,(H2,25,31)(H,27,34)(H,28,35)(H,29,36)(H,32,33)(H,37,38). The number of nitrogens with two attached hydrogens (primary N) is 2. The number of carboxylic acid groups (broad SMARTS) is 2. The molecule has 0 saturated carbocycles. The van der Waals surface area contributed by atoms with E-state index in [0.717, 1.165) is 10.9 Å². The Morgan fingerprint density at radius 1 is 0.895 bits per heavy atom. The van der Waals surface area contributed by atoms with E-state index in [1.807, 2.05) is 0 Å². The lowest BCUT2D eigenvalue weighted by Gasteiger charge is -2.24. The minimum absolute atomic E-state index is 0.117. The predicted molar refractivity (Wildman–Crippen MR) is 131 cm³/mol. The molecule has 11 N–H and O–H groups in total. The number of hydrogen-bond donors (Lipinski definition) is 9. The van der Waals surface area contributed by atoms with Gasteiger partial charge in [-0.25, -0.2) is 4.79 Å². The number of carboxylic acids is 2. The first-order chi connectivity index (χ1) is 17.9. The third-order valence-corrected chi connectivity index (χ3v) is 5.57. The highest BCUT2D eigenvalue weighted by Gasteiger charge is 2.31. The first-order valence-corrected chi connectivity index (χ1v) is 11.5. The zero-order chi connectivity index (χ0) is 28.4. The van der Waals surface area contributed by atoms with Crippen molar-refractivity contribution in [2.75, 3.05) is 6.61 Å². The van der Waals surface area contributed by atoms with Gasteiger partial charge in [0, 0.05) is 29.9 Å². The van der Waals surface area contributed by atoms with Crippen LogP contribution in [0.3, 0.4) is 0 Å². The molecule has 1 aromatic carbocycles. The van der Waals surface area contributed by atoms with Crippen molar-refractivity contribution in [1.29, 1.82) is 0 Å². The van der Waals surface area contributed by atoms with Gasteiger partial charge >= 0.3 is 11.9 Å². The molecule has 206 valence electrons. The lowest BCUT2D eigenvalue weighted by Crippen LogP contribution is -2.58. The summed E-state index contributed by atoms with van der Waals surface area (Å²) in [5.41, 5.74) is 12.0. The molecule has 0 fully saturated rings. The smallest absolute Gasteiger partial charge is 0.328 e. The number of amides is 4. The van der Waals surface area contributed by atoms with E-state index in [1.54, 1.807) is 30.5 Å². The molecule has 2 rings (SSSR count). The molecule has 2 aromatic rings. The average molecular weight is 535 g/mol. The molecule has 0 radical (unpaired) electrons. The quantitative estimate of drug-likeness (QED) is 0.114. The third kappa shape index (κ3) is 8.56. The van der Waals surface area contributed by atoms with E-state index in [1.165, 1.54) is 0 Å². The van der Waals surface area contributed by atoms with E-state index in [9.17, 15) is 39.0 Å². The highest BCUT2D eigenvalue weighted by Crippen LogP contribution is 2.19. The maximum Gasteiger partial charge on any atom is 0.328 e. The molecule has 4 atom stereocenters. The second-order valence-corrected chi connectivity index (χ2v) is 8.48. The van der Waals surface area contributed by atoms with Gasteiger partial charge < -0.3 is 47.7 Å². The highest BCUT2D eigenvalue weighted by atomic mass is 16.4. The molecular weight excluding hydrogens is 504 g/mol. The number of nitrogens with one attached hydrogen (secondary N) is 4. The molecular formula is C23H30N6O9. The predicted octanol–water partition coefficient (Wildman–Crippen LogP) is -2.69. The van der Waals surface area contributed by atoms with Crippen LogP contribution in [0.5, 0.6) is 0 Å². The number of aliphatic carboxylic acids is 2. The summed E-state index contributed by atoms with van der Waals surface area (Å²) in [5, 5.41) is 34.9. The van der Waals surface area contributed by atoms with E-state index in [2.05, 4.69) is 20.9 Å². The molecule has 0 aliphatic rings. The fraction of sp³-hybridized carbons (Fsp3) is 0.391. The van der Waals surface area contributed by atoms with Crippen molar-refractivity contribution in [3.8, 4) is 0 Å². The Morgan fingerprint density at radius 3 is 2.11 bits per heavy atom. The maximum atomic E-state index is 13.1. The SMILES string of the molecule is NC(=O)CCC(NC(=O)C(N)CC(=O)O)C(=O)NC(Cc1c[nH]c2ccccc12)C(=O)NC(CO)C(=O)O. The van der Waals surface area contributed by atoms with Crippen molar-refractivity contribution in [1.82, 2.24) is 20.9 Å². The molecule has 1 heterocycles. The summed E-state index contributed by atoms with van der Waals surface area (Å²) >= 11 is 0. The molecule has 0 saturated heterocycles. The Balaban J connectivity index is 2.31. The Labute approximate surface area is 215 Å². The maximum absolute atomic E-state index is 13.1. The van der Waals surface area contributed by atoms with Crippen molar-refractivity contribution >= 4 is 46.5 Å². The molecule has 15 nitrogen and oxygen atoms in total. The summed E-state index contributed by atoms with van der Waals surface area (Å²) in [5.74, 6) is -6.49. The fourth-order valence-corrected chi connectivity index (χ4v) is 3.57. The zero-order valence-corrected chi connectivity index (χ0v) is 20.2. The molecule has 4 unspecified atom stereocenters. The Bertz CT molecular complexity index is 1200. The second-order valence-electron chi connectivity index (χ2n) is 8.48. The van der Waals surface area contributed by atoms with Crippen LogP contribution in [0, 0.1) is 0 Å². The number of aromatic amines is 1. The number of para-hydroxylation sites is 1. The lowest BCUT2D eigenvalue weighted by molar-refractivity contribution is -0.143. The third-order valence-electron chi connectivity index (χ3n) is 5.57. The molecule has 1 aromatic heterocycles. The van der Waals surface area contributed by atoms with Crippen molar-refractivity contribution in [2.45, 2.75) is 49.9 Å². The van der Waals surface area contributed by atoms with Gasteiger partial charge in [-0.15, -0.1) is 0 Å². The van der Waals surface area contributed by atoms with Crippen molar-refractivity contribution in [3.05, 3.63) is 36.0 Å². The molecule has 0 aliphatic carbocycles. The second kappa shape index (κ2) is 13.7. The molecule has 15 heteroatoms. The summed E-state index contributed by atoms with van der Waals surface area (Å²) in [4.78, 5) is 75.0. The largest absolute Gasteiger partial charge is 0.481 e. The average Bonchev–Trinajstić information content (AvgIpc) is 3.26. The summed E-state index contributed by atoms with van der Waals surface area (Å²) in [7, 11) is 0. The highest BCUT2D eigenvalue weighted by molar-refractivity contribution is 5.95. The number of aromatic nitrogens is 1. The normalized spacial score (nSPS) is 14.1. The van der Waals surface area contributed by atoms with E-state index in [4.69, 9.17) is 16.6 Å². The van der Waals surface area contributed by atoms with Crippen LogP contribution >= 0.6 is 0 Å². The van der Waals surface area contributed by atoms with Gasteiger partial charge in [0.15, 0.2) is 0 Å². The van der Waals surface area contributed by atoms with Crippen LogP contribution < -0.4 is 27.4 Å². The van der Waals surface area contributed by atoms with Gasteiger partial charge in [0.1, 0.15) is 18.1 Å². The van der Waals surface area contributed by atoms with Crippen LogP contribution in [0.4, 0.5) is 0 Å². The number of aliphatic hydroxyl groups excluding tert-OH is 1. The summed E-state index contributed by atoms with van der Waals surface area (Å²) in [6.45, 7) is -0.909. The topological polar surface area (TPSA) is 267 Å². The lowest BCUT2D eigenvalue weighted by atomic mass is 10.0. The molecule has 38 heavy (non-hydrogen) atoms. The number of fused-ring (bicyclic) bond motifs is 1. The monoisotopic (exact) mass is 534 g/mol. The van der Waals surface area contributed by atoms with Crippen LogP contribution in [0.2, 0.25) is 0 Å². The fourth-order valence-electron chi connectivity index (χ4n) is 3.57. The minimum Gasteiger partial charge on any atom is -0.481 e. The number of aliphatic hydroxyl groups is 1. The summed E-state index contributed by atoms with van der Waals surface area (Å²) < 4.78 is 0. The van der Waals surface area contributed by atoms with Gasteiger partial charge in [0.25, 0.3) is 0 Å². The van der Waals surface area contributed by atoms with Gasteiger partial charge in [-0.1, -0.05) is 18.2 Å². The van der Waals surface area contributed by atoms with Gasteiger partial charge in [-0.2, -0.15) is 0 Å². The molecule has 0 aliphatic heterocycles. The number of rotatable bonds is 15. The Kier molecular flexibility index (Phi) is 10.7. The number of benzene rings is 1. The Hall–Kier alpha value is -4.50. The van der Waals surface area contributed by atoms with Gasteiger partial charge in [-0.3, -0.25) is 24.0 Å². The van der Waals surface area contributed by atoms with Gasteiger partial charge in [-0.05, 0) is 18.1 Å². The van der Waals surface area contributed by atoms with Crippen LogP contribution in [0.25, 0.3) is 10.9 Å². The summed E-state index contributed by atoms with van der Waals surface area (Å²) in [6, 6.07) is 1.15. The van der Waals surface area contributed by atoms with Gasteiger partial charge in [0.2, 0.25) is 23.6 Å². The number of carbonyl (C=O) groups is 6. The minimum atomic E-state index is -1.65. The van der Waals surface area contributed by atoms with Crippen molar-refractivity contribution < 1.29 is 44.1 Å². The van der Waals surface area contributed by atoms with Crippen LogP contribution in [-0.2, 0) is 35.2 Å². The molecule has 0 spiro atoms. The molecule has 0 bridgehead atoms. The first kappa shape index (κ1) is 29.7. The van der Waals surface area contributed by atoms with Crippen LogP contribution in [0.15, 0.2) is 30.5 Å². The van der Waals surface area contributed by atoms with Gasteiger partial charge in [0.05, 0.1) is 19.1 Å². The first-order valence-electron chi connectivity index (χ1n) is 11.5. The van der Waals surface area contributed by atoms with E-state index >= 15 is 0 Å². The van der Waals surface area contributed by atoms with E-state index < -0.39 is 72.8 Å². The number of hydrogen-bond acceptors (Lipinski definition) is 8. The van der Waals surface area contributed by atoms with Crippen molar-refractivity contribution in [3.63, 3.8) is 0 Å². The van der Waals surface area contributed by atoms with Crippen LogP contribution in [0.1, 0.15) is 24.8 Å². The number of H-pyrrole nitrogens is 1. The number of carbonyl (C=O) groups excluding carboxylic acids is 4. The van der Waals surface area contributed by atoms with Crippen molar-refractivity contribution in [2.24, 2.45) is 11.5 Å². The summed E-state index contributed by atoms with van der Waals surface area (Å²) in [6.07, 6.45) is 0.142. The molecule has 4 amide bonds. The zero-order valence-electron chi connectivity index (χ0n) is 20.2. The van der Waals surface area contributed by atoms with E-state index in [0.29, 0.717) is 5.56 Å². The Morgan fingerprint density at radius 2 is 1.50 bits per heavy atom. The van der Waals surface area contributed by atoms with Crippen LogP contribution in [-0.4, -0.2) is 86.6 Å².